The topological polar surface area (TPSA) is 70.1 Å². The molecule has 2 rings (SSSR count). The number of hydrogen-bond acceptors (Lipinski definition) is 6. The smallest absolute Gasteiger partial charge is 0.360 e. The summed E-state index contributed by atoms with van der Waals surface area (Å²) in [6.45, 7) is 4.96. The summed E-state index contributed by atoms with van der Waals surface area (Å²) >= 11 is 3.95. The molecule has 0 spiro atoms. The van der Waals surface area contributed by atoms with Gasteiger partial charge in [0, 0.05) is 35.5 Å². The first-order valence-corrected chi connectivity index (χ1v) is 9.09. The van der Waals surface area contributed by atoms with E-state index in [-0.39, 0.29) is 5.69 Å². The van der Waals surface area contributed by atoms with Crippen LogP contribution < -0.4 is 5.73 Å². The van der Waals surface area contributed by atoms with E-state index in [1.165, 1.54) is 11.5 Å². The molecule has 2 N–H and O–H groups in total. The summed E-state index contributed by atoms with van der Waals surface area (Å²) in [5, 5.41) is 0.533. The molecule has 1 aromatic rings. The minimum Gasteiger partial charge on any atom is -0.461 e. The van der Waals surface area contributed by atoms with Crippen molar-refractivity contribution in [3.8, 4) is 0 Å². The number of nitrogens with two attached hydrogens (primary N) is 1. The van der Waals surface area contributed by atoms with Gasteiger partial charge in [0.15, 0.2) is 5.69 Å². The van der Waals surface area contributed by atoms with Gasteiger partial charge in [-0.15, -0.1) is 0 Å². The first kappa shape index (κ1) is 15.6. The average Bonchev–Trinajstić information content (AvgIpc) is 2.77. The summed E-state index contributed by atoms with van der Waals surface area (Å²) in [4.78, 5) is 16.2. The first-order chi connectivity index (χ1) is 9.67. The van der Waals surface area contributed by atoms with Gasteiger partial charge in [-0.3, -0.25) is 0 Å². The molecule has 1 saturated heterocycles. The quantitative estimate of drug-likeness (QED) is 0.839. The van der Waals surface area contributed by atoms with Crippen LogP contribution in [0.4, 0.5) is 5.82 Å². The van der Waals surface area contributed by atoms with Crippen LogP contribution in [-0.2, 0) is 17.7 Å². The third kappa shape index (κ3) is 3.44. The summed E-state index contributed by atoms with van der Waals surface area (Å²) in [6.07, 6.45) is 0.758. The molecular formula is C13H21N3O2S2. The minimum absolute atomic E-state index is 0.261. The molecule has 0 radical (unpaired) electrons. The number of aryl methyl sites for hydroxylation is 1. The highest BCUT2D eigenvalue weighted by atomic mass is 32.2. The third-order valence-corrected chi connectivity index (χ3v) is 5.97. The van der Waals surface area contributed by atoms with Crippen LogP contribution >= 0.6 is 23.5 Å². The van der Waals surface area contributed by atoms with Gasteiger partial charge in [0.05, 0.1) is 6.61 Å². The van der Waals surface area contributed by atoms with Crippen molar-refractivity contribution in [3.63, 3.8) is 0 Å². The Balaban J connectivity index is 2.20. The highest BCUT2D eigenvalue weighted by Gasteiger charge is 2.23. The molecule has 0 saturated carbocycles. The van der Waals surface area contributed by atoms with E-state index in [2.05, 4.69) is 4.98 Å². The number of esters is 1. The van der Waals surface area contributed by atoms with Gasteiger partial charge in [0.1, 0.15) is 11.6 Å². The van der Waals surface area contributed by atoms with Crippen LogP contribution in [0.1, 0.15) is 30.2 Å². The van der Waals surface area contributed by atoms with E-state index in [0.29, 0.717) is 17.7 Å². The van der Waals surface area contributed by atoms with E-state index in [9.17, 15) is 4.79 Å². The monoisotopic (exact) mass is 315 g/mol. The molecule has 2 heterocycles. The molecule has 1 aliphatic rings. The Bertz CT molecular complexity index is 470. The predicted octanol–water partition coefficient (Wildman–Crippen LogP) is 2.05. The number of thioether (sulfide) groups is 2. The van der Waals surface area contributed by atoms with Gasteiger partial charge in [-0.25, -0.2) is 9.78 Å². The van der Waals surface area contributed by atoms with Gasteiger partial charge in [0.2, 0.25) is 0 Å². The number of carbonyl (C=O) groups excluding carboxylic acids is 1. The number of nitrogens with zero attached hydrogens (tertiary/aromatic N) is 2. The fraction of sp³-hybridized carbons (Fsp3) is 0.692. The molecule has 7 heteroatoms. The van der Waals surface area contributed by atoms with Gasteiger partial charge in [-0.2, -0.15) is 23.5 Å². The lowest BCUT2D eigenvalue weighted by molar-refractivity contribution is 0.0521. The maximum Gasteiger partial charge on any atom is 0.360 e. The molecule has 1 fully saturated rings. The summed E-state index contributed by atoms with van der Waals surface area (Å²) < 4.78 is 6.99. The minimum atomic E-state index is -0.427. The van der Waals surface area contributed by atoms with Crippen LogP contribution in [0, 0.1) is 0 Å². The zero-order valence-corrected chi connectivity index (χ0v) is 13.6. The molecular weight excluding hydrogens is 294 g/mol. The van der Waals surface area contributed by atoms with Gasteiger partial charge in [-0.05, 0) is 6.92 Å². The van der Waals surface area contributed by atoms with E-state index in [4.69, 9.17) is 10.5 Å². The van der Waals surface area contributed by atoms with Crippen LogP contribution in [-0.4, -0.2) is 44.6 Å². The van der Waals surface area contributed by atoms with E-state index in [0.717, 1.165) is 24.5 Å². The molecule has 20 heavy (non-hydrogen) atoms. The van der Waals surface area contributed by atoms with Crippen molar-refractivity contribution in [2.75, 3.05) is 29.6 Å². The average molecular weight is 315 g/mol. The molecule has 0 aromatic carbocycles. The zero-order valence-electron chi connectivity index (χ0n) is 11.9. The Morgan fingerprint density at radius 2 is 2.30 bits per heavy atom. The van der Waals surface area contributed by atoms with E-state index >= 15 is 0 Å². The van der Waals surface area contributed by atoms with E-state index < -0.39 is 5.97 Å². The molecule has 0 bridgehead atoms. The Hall–Kier alpha value is -0.820. The van der Waals surface area contributed by atoms with Crippen LogP contribution in [0.3, 0.4) is 0 Å². The maximum absolute atomic E-state index is 11.9. The lowest BCUT2D eigenvalue weighted by Crippen LogP contribution is -2.22. The highest BCUT2D eigenvalue weighted by Crippen LogP contribution is 2.27. The summed E-state index contributed by atoms with van der Waals surface area (Å²) in [5.74, 6) is 4.40. The van der Waals surface area contributed by atoms with E-state index in [1.807, 2.05) is 35.0 Å². The Labute approximate surface area is 128 Å². The molecule has 1 aromatic heterocycles. The number of carbonyl (C=O) groups is 1. The number of imidazole rings is 1. The first-order valence-electron chi connectivity index (χ1n) is 6.88. The SMILES string of the molecule is CCOC(=O)c1nc(CC)n(CC2CSCCS2)c1N. The lowest BCUT2D eigenvalue weighted by Gasteiger charge is -2.22. The van der Waals surface area contributed by atoms with Crippen molar-refractivity contribution in [1.82, 2.24) is 9.55 Å². The number of hydrogen-bond donors (Lipinski definition) is 1. The highest BCUT2D eigenvalue weighted by molar-refractivity contribution is 8.06. The molecule has 112 valence electrons. The summed E-state index contributed by atoms with van der Waals surface area (Å²) in [7, 11) is 0. The van der Waals surface area contributed by atoms with Crippen molar-refractivity contribution < 1.29 is 9.53 Å². The molecule has 1 atom stereocenters. The Morgan fingerprint density at radius 3 is 2.90 bits per heavy atom. The fourth-order valence-electron chi connectivity index (χ4n) is 2.18. The largest absolute Gasteiger partial charge is 0.461 e. The van der Waals surface area contributed by atoms with Crippen LogP contribution in [0.25, 0.3) is 0 Å². The van der Waals surface area contributed by atoms with Gasteiger partial charge in [-0.1, -0.05) is 6.92 Å². The fourth-order valence-corrected chi connectivity index (χ4v) is 4.84. The number of nitrogen functional groups attached to an aromatic ring is 1. The van der Waals surface area contributed by atoms with Gasteiger partial charge >= 0.3 is 5.97 Å². The zero-order chi connectivity index (χ0) is 14.5. The maximum atomic E-state index is 11.9. The van der Waals surface area contributed by atoms with Gasteiger partial charge in [0.25, 0.3) is 0 Å². The molecule has 1 unspecified atom stereocenters. The van der Waals surface area contributed by atoms with E-state index in [1.54, 1.807) is 6.92 Å². The second kappa shape index (κ2) is 7.26. The normalized spacial score (nSPS) is 19.0. The second-order valence-electron chi connectivity index (χ2n) is 4.51. The summed E-state index contributed by atoms with van der Waals surface area (Å²) in [6, 6.07) is 0. The molecule has 5 nitrogen and oxygen atoms in total. The van der Waals surface area contributed by atoms with Crippen molar-refractivity contribution >= 4 is 35.3 Å². The lowest BCUT2D eigenvalue weighted by atomic mass is 10.4. The molecule has 0 aliphatic carbocycles. The standard InChI is InChI=1S/C13H21N3O2S2/c1-3-10-15-11(13(17)18-4-2)12(14)16(10)7-9-8-19-5-6-20-9/h9H,3-8,14H2,1-2H3. The Kier molecular flexibility index (Phi) is 5.65. The predicted molar refractivity (Wildman–Crippen MR) is 85.5 cm³/mol. The second-order valence-corrected chi connectivity index (χ2v) is 7.07. The molecule has 1 aliphatic heterocycles. The number of ether oxygens (including phenoxy) is 1. The molecule has 0 amide bonds. The van der Waals surface area contributed by atoms with Gasteiger partial charge < -0.3 is 15.0 Å². The number of aromatic nitrogens is 2. The Morgan fingerprint density at radius 1 is 1.50 bits per heavy atom. The summed E-state index contributed by atoms with van der Waals surface area (Å²) in [5.41, 5.74) is 6.37. The van der Waals surface area contributed by atoms with Crippen molar-refractivity contribution in [2.24, 2.45) is 0 Å². The number of rotatable bonds is 5. The number of anilines is 1. The van der Waals surface area contributed by atoms with Crippen LogP contribution in [0.5, 0.6) is 0 Å². The van der Waals surface area contributed by atoms with Crippen molar-refractivity contribution in [3.05, 3.63) is 11.5 Å². The van der Waals surface area contributed by atoms with Crippen molar-refractivity contribution in [2.45, 2.75) is 32.1 Å². The van der Waals surface area contributed by atoms with Crippen molar-refractivity contribution in [1.29, 1.82) is 0 Å². The van der Waals surface area contributed by atoms with Crippen LogP contribution in [0.15, 0.2) is 0 Å². The third-order valence-electron chi connectivity index (χ3n) is 3.14. The van der Waals surface area contributed by atoms with Crippen LogP contribution in [0.2, 0.25) is 0 Å².